The van der Waals surface area contributed by atoms with Gasteiger partial charge in [-0.25, -0.2) is 0 Å². The summed E-state index contributed by atoms with van der Waals surface area (Å²) in [5, 5.41) is 8.69. The van der Waals surface area contributed by atoms with E-state index < -0.39 is 0 Å². The van der Waals surface area contributed by atoms with Gasteiger partial charge in [-0.05, 0) is 43.3 Å². The van der Waals surface area contributed by atoms with Crippen LogP contribution in [-0.4, -0.2) is 12.4 Å². The van der Waals surface area contributed by atoms with Crippen molar-refractivity contribution in [1.82, 2.24) is 0 Å². The molecule has 0 spiro atoms. The van der Waals surface area contributed by atoms with Gasteiger partial charge in [0.15, 0.2) is 0 Å². The molecule has 0 atom stereocenters. The molecule has 0 saturated carbocycles. The Morgan fingerprint density at radius 1 is 1.05 bits per heavy atom. The second-order valence-electron chi connectivity index (χ2n) is 4.15. The van der Waals surface area contributed by atoms with Crippen LogP contribution in [0, 0.1) is 18.3 Å². The van der Waals surface area contributed by atoms with E-state index in [1.54, 1.807) is 23.9 Å². The van der Waals surface area contributed by atoms with Crippen molar-refractivity contribution in [2.75, 3.05) is 12.4 Å². The molecule has 0 unspecified atom stereocenters. The Morgan fingerprint density at radius 3 is 2.37 bits per heavy atom. The molecule has 0 bridgehead atoms. The molecule has 96 valence electrons. The Hall–Kier alpha value is -1.92. The molecule has 0 aromatic heterocycles. The normalized spacial score (nSPS) is 9.89. The summed E-state index contributed by atoms with van der Waals surface area (Å²) in [4.78, 5) is 1.26. The smallest absolute Gasteiger partial charge is 0.119 e. The summed E-state index contributed by atoms with van der Waals surface area (Å²) in [6.07, 6.45) is 0. The van der Waals surface area contributed by atoms with Crippen molar-refractivity contribution in [3.8, 4) is 11.8 Å². The van der Waals surface area contributed by atoms with E-state index in [-0.39, 0.29) is 0 Å². The zero-order valence-corrected chi connectivity index (χ0v) is 11.6. The van der Waals surface area contributed by atoms with E-state index in [4.69, 9.17) is 10.00 Å². The van der Waals surface area contributed by atoms with Gasteiger partial charge in [-0.1, -0.05) is 17.7 Å². The maximum Gasteiger partial charge on any atom is 0.119 e. The average Bonchev–Trinajstić information content (AvgIpc) is 2.46. The first-order chi connectivity index (χ1) is 9.28. The number of hydrogen-bond donors (Lipinski definition) is 0. The van der Waals surface area contributed by atoms with Crippen molar-refractivity contribution in [2.45, 2.75) is 11.8 Å². The van der Waals surface area contributed by atoms with Crippen LogP contribution >= 0.6 is 11.8 Å². The van der Waals surface area contributed by atoms with Gasteiger partial charge in [0.25, 0.3) is 0 Å². The number of aryl methyl sites for hydroxylation is 1. The molecule has 3 heteroatoms. The van der Waals surface area contributed by atoms with Gasteiger partial charge in [0.1, 0.15) is 5.75 Å². The molecule has 0 radical (unpaired) electrons. The highest BCUT2D eigenvalue weighted by molar-refractivity contribution is 7.99. The fourth-order valence-electron chi connectivity index (χ4n) is 1.58. The standard InChI is InChI=1S/C16H15NOS/c1-13-2-8-16(9-3-13)19-11-10-18-15-6-4-14(12-17)5-7-15/h2-9H,10-11H2,1H3. The third kappa shape index (κ3) is 4.35. The fourth-order valence-corrected chi connectivity index (χ4v) is 2.31. The van der Waals surface area contributed by atoms with Crippen LogP contribution in [0.15, 0.2) is 53.4 Å². The maximum atomic E-state index is 8.69. The lowest BCUT2D eigenvalue weighted by Crippen LogP contribution is -1.99. The lowest BCUT2D eigenvalue weighted by atomic mass is 10.2. The summed E-state index contributed by atoms with van der Waals surface area (Å²) in [6.45, 7) is 2.74. The number of hydrogen-bond acceptors (Lipinski definition) is 3. The van der Waals surface area contributed by atoms with E-state index >= 15 is 0 Å². The Morgan fingerprint density at radius 2 is 1.74 bits per heavy atom. The molecule has 2 aromatic rings. The van der Waals surface area contributed by atoms with E-state index in [1.807, 2.05) is 12.1 Å². The first-order valence-corrected chi connectivity index (χ1v) is 7.09. The summed E-state index contributed by atoms with van der Waals surface area (Å²) in [5.41, 5.74) is 1.93. The van der Waals surface area contributed by atoms with Gasteiger partial charge in [-0.3, -0.25) is 0 Å². The second kappa shape index (κ2) is 6.86. The number of benzene rings is 2. The number of rotatable bonds is 5. The number of thioether (sulfide) groups is 1. The van der Waals surface area contributed by atoms with Crippen LogP contribution in [0.1, 0.15) is 11.1 Å². The molecule has 19 heavy (non-hydrogen) atoms. The van der Waals surface area contributed by atoms with Crippen LogP contribution in [0.2, 0.25) is 0 Å². The molecule has 2 aromatic carbocycles. The van der Waals surface area contributed by atoms with E-state index in [9.17, 15) is 0 Å². The van der Waals surface area contributed by atoms with Crippen LogP contribution in [0.5, 0.6) is 5.75 Å². The molecule has 0 fully saturated rings. The predicted molar refractivity (Wildman–Crippen MR) is 78.6 cm³/mol. The van der Waals surface area contributed by atoms with Crippen LogP contribution < -0.4 is 4.74 Å². The quantitative estimate of drug-likeness (QED) is 0.606. The zero-order valence-electron chi connectivity index (χ0n) is 10.8. The van der Waals surface area contributed by atoms with Gasteiger partial charge < -0.3 is 4.74 Å². The molecular formula is C16H15NOS. The molecule has 0 aliphatic rings. The number of nitriles is 1. The molecule has 0 saturated heterocycles. The average molecular weight is 269 g/mol. The van der Waals surface area contributed by atoms with Gasteiger partial charge in [0.2, 0.25) is 0 Å². The summed E-state index contributed by atoms with van der Waals surface area (Å²) >= 11 is 1.78. The highest BCUT2D eigenvalue weighted by Crippen LogP contribution is 2.18. The second-order valence-corrected chi connectivity index (χ2v) is 5.31. The molecule has 2 nitrogen and oxygen atoms in total. The largest absolute Gasteiger partial charge is 0.493 e. The van der Waals surface area contributed by atoms with Gasteiger partial charge in [-0.2, -0.15) is 5.26 Å². The Labute approximate surface area is 118 Å². The zero-order chi connectivity index (χ0) is 13.5. The molecule has 0 amide bonds. The third-order valence-electron chi connectivity index (χ3n) is 2.63. The SMILES string of the molecule is Cc1ccc(SCCOc2ccc(C#N)cc2)cc1. The predicted octanol–water partition coefficient (Wildman–Crippen LogP) is 4.04. The van der Waals surface area contributed by atoms with Crippen molar-refractivity contribution in [3.05, 3.63) is 59.7 Å². The third-order valence-corrected chi connectivity index (χ3v) is 3.60. The van der Waals surface area contributed by atoms with Gasteiger partial charge >= 0.3 is 0 Å². The first kappa shape index (κ1) is 13.5. The maximum absolute atomic E-state index is 8.69. The Bertz CT molecular complexity index is 555. The summed E-state index contributed by atoms with van der Waals surface area (Å²) < 4.78 is 5.62. The first-order valence-electron chi connectivity index (χ1n) is 6.10. The lowest BCUT2D eigenvalue weighted by molar-refractivity contribution is 0.344. The van der Waals surface area contributed by atoms with E-state index in [2.05, 4.69) is 37.3 Å². The van der Waals surface area contributed by atoms with Gasteiger partial charge in [0.05, 0.1) is 18.2 Å². The highest BCUT2D eigenvalue weighted by Gasteiger charge is 1.97. The van der Waals surface area contributed by atoms with Crippen LogP contribution in [0.25, 0.3) is 0 Å². The monoisotopic (exact) mass is 269 g/mol. The van der Waals surface area contributed by atoms with Crippen LogP contribution in [0.4, 0.5) is 0 Å². The van der Waals surface area contributed by atoms with E-state index in [1.165, 1.54) is 10.5 Å². The summed E-state index contributed by atoms with van der Waals surface area (Å²) in [7, 11) is 0. The Balaban J connectivity index is 1.74. The highest BCUT2D eigenvalue weighted by atomic mass is 32.2. The Kier molecular flexibility index (Phi) is 4.88. The summed E-state index contributed by atoms with van der Waals surface area (Å²) in [6, 6.07) is 17.8. The minimum Gasteiger partial charge on any atom is -0.493 e. The molecule has 0 aliphatic heterocycles. The van der Waals surface area contributed by atoms with Gasteiger partial charge in [0, 0.05) is 10.6 Å². The molecular weight excluding hydrogens is 254 g/mol. The minimum atomic E-state index is 0.654. The van der Waals surface area contributed by atoms with Gasteiger partial charge in [-0.15, -0.1) is 11.8 Å². The molecule has 2 rings (SSSR count). The molecule has 0 aliphatic carbocycles. The van der Waals surface area contributed by atoms with E-state index in [0.29, 0.717) is 12.2 Å². The van der Waals surface area contributed by atoms with Crippen molar-refractivity contribution >= 4 is 11.8 Å². The minimum absolute atomic E-state index is 0.654. The van der Waals surface area contributed by atoms with Crippen molar-refractivity contribution in [1.29, 1.82) is 5.26 Å². The lowest BCUT2D eigenvalue weighted by Gasteiger charge is -2.06. The van der Waals surface area contributed by atoms with Crippen molar-refractivity contribution < 1.29 is 4.74 Å². The molecule has 0 heterocycles. The number of ether oxygens (including phenoxy) is 1. The van der Waals surface area contributed by atoms with Crippen molar-refractivity contribution in [3.63, 3.8) is 0 Å². The fraction of sp³-hybridized carbons (Fsp3) is 0.188. The summed E-state index contributed by atoms with van der Waals surface area (Å²) in [5.74, 6) is 1.71. The topological polar surface area (TPSA) is 33.0 Å². The number of nitrogens with zero attached hydrogens (tertiary/aromatic N) is 1. The van der Waals surface area contributed by atoms with Crippen molar-refractivity contribution in [2.24, 2.45) is 0 Å². The van der Waals surface area contributed by atoms with Crippen LogP contribution in [-0.2, 0) is 0 Å². The van der Waals surface area contributed by atoms with E-state index in [0.717, 1.165) is 11.5 Å². The molecule has 0 N–H and O–H groups in total. The van der Waals surface area contributed by atoms with Crippen LogP contribution in [0.3, 0.4) is 0 Å².